The van der Waals surface area contributed by atoms with Crippen LogP contribution in [0.15, 0.2) is 52.5 Å². The number of morpholine rings is 1. The molecule has 2 aromatic rings. The molecule has 4 rings (SSSR count). The van der Waals surface area contributed by atoms with Crippen LogP contribution < -0.4 is 10.3 Å². The third-order valence-corrected chi connectivity index (χ3v) is 7.43. The Kier molecular flexibility index (Phi) is 6.68. The van der Waals surface area contributed by atoms with Crippen LogP contribution in [0.4, 0.5) is 17.1 Å². The average molecular weight is 460 g/mol. The lowest BCUT2D eigenvalue weighted by atomic mass is 10.2. The number of nitrogens with zero attached hydrogens (tertiary/aromatic N) is 4. The maximum absolute atomic E-state index is 12.7. The molecule has 2 fully saturated rings. The molecule has 1 N–H and O–H groups in total. The lowest BCUT2D eigenvalue weighted by Gasteiger charge is -2.28. The second kappa shape index (κ2) is 9.63. The quantitative estimate of drug-likeness (QED) is 0.384. The summed E-state index contributed by atoms with van der Waals surface area (Å²) in [6.45, 7) is 3.99. The molecule has 2 aromatic carbocycles. The van der Waals surface area contributed by atoms with Gasteiger partial charge in [0.05, 0.1) is 29.2 Å². The topological polar surface area (TPSA) is 117 Å². The van der Waals surface area contributed by atoms with Gasteiger partial charge in [0.2, 0.25) is 10.0 Å². The smallest absolute Gasteiger partial charge is 0.295 e. The fourth-order valence-corrected chi connectivity index (χ4v) is 5.30. The van der Waals surface area contributed by atoms with Crippen LogP contribution in [0.2, 0.25) is 0 Å². The fraction of sp³-hybridized carbons (Fsp3) is 0.381. The number of anilines is 2. The zero-order valence-corrected chi connectivity index (χ0v) is 18.3. The number of benzene rings is 2. The Labute approximate surface area is 186 Å². The van der Waals surface area contributed by atoms with Crippen LogP contribution in [0.5, 0.6) is 0 Å². The number of sulfonamides is 1. The van der Waals surface area contributed by atoms with Crippen molar-refractivity contribution in [1.82, 2.24) is 4.31 Å². The Bertz CT molecular complexity index is 1090. The van der Waals surface area contributed by atoms with Crippen LogP contribution in [-0.2, 0) is 14.8 Å². The summed E-state index contributed by atoms with van der Waals surface area (Å²) in [7, 11) is -3.74. The molecule has 2 saturated heterocycles. The first-order valence-corrected chi connectivity index (χ1v) is 11.9. The molecule has 0 amide bonds. The molecule has 2 aliphatic rings. The fourth-order valence-electron chi connectivity index (χ4n) is 3.76. The number of ether oxygens (including phenoxy) is 1. The van der Waals surface area contributed by atoms with E-state index < -0.39 is 14.9 Å². The molecule has 0 atom stereocenters. The predicted octanol–water partition coefficient (Wildman–Crippen LogP) is 2.66. The number of hydrogen-bond acceptors (Lipinski definition) is 8. The van der Waals surface area contributed by atoms with Gasteiger partial charge in [-0.2, -0.15) is 9.41 Å². The van der Waals surface area contributed by atoms with Gasteiger partial charge in [0.1, 0.15) is 5.69 Å². The number of nitrogens with one attached hydrogen (secondary N) is 1. The first-order valence-electron chi connectivity index (χ1n) is 10.5. The van der Waals surface area contributed by atoms with Crippen LogP contribution in [0, 0.1) is 10.1 Å². The molecule has 0 saturated carbocycles. The maximum atomic E-state index is 12.7. The molecule has 170 valence electrons. The van der Waals surface area contributed by atoms with Gasteiger partial charge < -0.3 is 9.64 Å². The molecule has 0 aliphatic carbocycles. The highest BCUT2D eigenvalue weighted by Gasteiger charge is 2.29. The van der Waals surface area contributed by atoms with Crippen molar-refractivity contribution in [3.05, 3.63) is 58.1 Å². The SMILES string of the molecule is O=[N+]([O-])c1cc(S(=O)(=O)N2CCCC2)ccc1N/N=C/c1ccc(N2CCOCC2)cc1. The van der Waals surface area contributed by atoms with Gasteiger partial charge in [-0.15, -0.1) is 0 Å². The van der Waals surface area contributed by atoms with Gasteiger partial charge in [0, 0.05) is 37.9 Å². The highest BCUT2D eigenvalue weighted by Crippen LogP contribution is 2.30. The zero-order valence-electron chi connectivity index (χ0n) is 17.5. The minimum atomic E-state index is -3.74. The Balaban J connectivity index is 1.46. The van der Waals surface area contributed by atoms with Gasteiger partial charge in [-0.1, -0.05) is 12.1 Å². The van der Waals surface area contributed by atoms with Crippen molar-refractivity contribution in [2.24, 2.45) is 5.10 Å². The molecule has 0 aromatic heterocycles. The molecule has 0 radical (unpaired) electrons. The van der Waals surface area contributed by atoms with Crippen molar-refractivity contribution in [2.75, 3.05) is 49.7 Å². The van der Waals surface area contributed by atoms with Crippen molar-refractivity contribution in [2.45, 2.75) is 17.7 Å². The van der Waals surface area contributed by atoms with Crippen LogP contribution in [-0.4, -0.2) is 63.3 Å². The summed E-state index contributed by atoms with van der Waals surface area (Å²) in [6.07, 6.45) is 3.15. The Morgan fingerprint density at radius 3 is 2.38 bits per heavy atom. The molecule has 10 nitrogen and oxygen atoms in total. The van der Waals surface area contributed by atoms with Crippen molar-refractivity contribution in [1.29, 1.82) is 0 Å². The largest absolute Gasteiger partial charge is 0.378 e. The van der Waals surface area contributed by atoms with E-state index in [2.05, 4.69) is 15.4 Å². The number of nitro groups is 1. The van der Waals surface area contributed by atoms with Crippen molar-refractivity contribution in [3.8, 4) is 0 Å². The summed E-state index contributed by atoms with van der Waals surface area (Å²) in [6, 6.07) is 11.6. The first kappa shape index (κ1) is 22.2. The summed E-state index contributed by atoms with van der Waals surface area (Å²) < 4.78 is 32.1. The van der Waals surface area contributed by atoms with E-state index in [1.165, 1.54) is 16.4 Å². The summed E-state index contributed by atoms with van der Waals surface area (Å²) in [4.78, 5) is 13.1. The van der Waals surface area contributed by atoms with Gasteiger partial charge in [-0.3, -0.25) is 15.5 Å². The average Bonchev–Trinajstić information content (AvgIpc) is 3.36. The minimum Gasteiger partial charge on any atom is -0.378 e. The number of hydrogen-bond donors (Lipinski definition) is 1. The van der Waals surface area contributed by atoms with Gasteiger partial charge in [-0.25, -0.2) is 8.42 Å². The number of rotatable bonds is 7. The Morgan fingerprint density at radius 2 is 1.72 bits per heavy atom. The van der Waals surface area contributed by atoms with E-state index in [9.17, 15) is 18.5 Å². The van der Waals surface area contributed by atoms with Crippen LogP contribution >= 0.6 is 0 Å². The first-order chi connectivity index (χ1) is 15.4. The summed E-state index contributed by atoms with van der Waals surface area (Å²) in [5.41, 5.74) is 4.37. The maximum Gasteiger partial charge on any atom is 0.295 e. The van der Waals surface area contributed by atoms with E-state index in [0.717, 1.165) is 43.2 Å². The van der Waals surface area contributed by atoms with Crippen molar-refractivity contribution >= 4 is 33.3 Å². The second-order valence-electron chi connectivity index (χ2n) is 7.61. The van der Waals surface area contributed by atoms with Gasteiger partial charge in [0.15, 0.2) is 0 Å². The lowest BCUT2D eigenvalue weighted by Crippen LogP contribution is -2.36. The van der Waals surface area contributed by atoms with Gasteiger partial charge >= 0.3 is 0 Å². The second-order valence-corrected chi connectivity index (χ2v) is 9.55. The molecule has 0 unspecified atom stereocenters. The standard InChI is InChI=1S/C21H25N5O5S/c27-26(28)21-15-19(32(29,30)25-9-1-2-10-25)7-8-20(21)23-22-16-17-3-5-18(6-4-17)24-11-13-31-14-12-24/h3-8,15-16,23H,1-2,9-14H2/b22-16+. The third-order valence-electron chi connectivity index (χ3n) is 5.54. The van der Waals surface area contributed by atoms with Crippen molar-refractivity contribution < 1.29 is 18.1 Å². The van der Waals surface area contributed by atoms with Gasteiger partial charge in [-0.05, 0) is 42.7 Å². The van der Waals surface area contributed by atoms with E-state index >= 15 is 0 Å². The van der Waals surface area contributed by atoms with Crippen LogP contribution in [0.1, 0.15) is 18.4 Å². The van der Waals surface area contributed by atoms with E-state index in [4.69, 9.17) is 4.74 Å². The number of nitro benzene ring substituents is 1. The highest BCUT2D eigenvalue weighted by atomic mass is 32.2. The van der Waals surface area contributed by atoms with E-state index in [-0.39, 0.29) is 16.3 Å². The van der Waals surface area contributed by atoms with Crippen molar-refractivity contribution in [3.63, 3.8) is 0 Å². The van der Waals surface area contributed by atoms with E-state index in [0.29, 0.717) is 26.3 Å². The van der Waals surface area contributed by atoms with E-state index in [1.54, 1.807) is 6.21 Å². The summed E-state index contributed by atoms with van der Waals surface area (Å²) in [5.74, 6) is 0. The highest BCUT2D eigenvalue weighted by molar-refractivity contribution is 7.89. The minimum absolute atomic E-state index is 0.0840. The molecular weight excluding hydrogens is 434 g/mol. The molecule has 2 heterocycles. The summed E-state index contributed by atoms with van der Waals surface area (Å²) >= 11 is 0. The predicted molar refractivity (Wildman–Crippen MR) is 122 cm³/mol. The molecular formula is C21H25N5O5S. The molecule has 2 aliphatic heterocycles. The molecule has 32 heavy (non-hydrogen) atoms. The van der Waals surface area contributed by atoms with Crippen LogP contribution in [0.25, 0.3) is 0 Å². The normalized spacial score (nSPS) is 17.7. The monoisotopic (exact) mass is 459 g/mol. The molecule has 11 heteroatoms. The third kappa shape index (κ3) is 4.90. The van der Waals surface area contributed by atoms with Crippen LogP contribution in [0.3, 0.4) is 0 Å². The van der Waals surface area contributed by atoms with Gasteiger partial charge in [0.25, 0.3) is 5.69 Å². The lowest BCUT2D eigenvalue weighted by molar-refractivity contribution is -0.384. The summed E-state index contributed by atoms with van der Waals surface area (Å²) in [5, 5.41) is 15.6. The zero-order chi connectivity index (χ0) is 22.6. The molecule has 0 spiro atoms. The van der Waals surface area contributed by atoms with E-state index in [1.807, 2.05) is 24.3 Å². The number of hydrazone groups is 1. The Morgan fingerprint density at radius 1 is 1.03 bits per heavy atom. The Hall–Kier alpha value is -3.02. The molecule has 0 bridgehead atoms.